The van der Waals surface area contributed by atoms with Gasteiger partial charge in [0.05, 0.1) is 5.68 Å². The van der Waals surface area contributed by atoms with E-state index in [2.05, 4.69) is 0 Å². The Morgan fingerprint density at radius 2 is 1.32 bits per heavy atom. The van der Waals surface area contributed by atoms with E-state index in [0.717, 1.165) is 0 Å². The fraction of sp³-hybridized carbons (Fsp3) is 0.500. The molecule has 0 aromatic carbocycles. The Bertz CT molecular complexity index is 345. The van der Waals surface area contributed by atoms with Crippen LogP contribution in [-0.4, -0.2) is 141 Å². The molecule has 0 aliphatic carbocycles. The van der Waals surface area contributed by atoms with Gasteiger partial charge in [0.2, 0.25) is 0 Å². The zero-order valence-corrected chi connectivity index (χ0v) is 17.3. The molecule has 25 heavy (non-hydrogen) atoms. The van der Waals surface area contributed by atoms with Crippen LogP contribution in [0.15, 0.2) is 0 Å². The van der Waals surface area contributed by atoms with Gasteiger partial charge >= 0.3 is 0 Å². The van der Waals surface area contributed by atoms with Crippen molar-refractivity contribution in [1.82, 2.24) is 0 Å². The second-order valence-corrected chi connectivity index (χ2v) is 5.07. The maximum Gasteiger partial charge on any atom is 0.126 e. The number of carbonyl (C=O) groups excluding carboxylic acids is 2. The monoisotopic (exact) mass is 372 g/mol. The van der Waals surface area contributed by atoms with Crippen molar-refractivity contribution < 1.29 is 42.3 Å². The van der Waals surface area contributed by atoms with E-state index < -0.39 is 38.5 Å². The molecule has 0 heterocycles. The summed E-state index contributed by atoms with van der Waals surface area (Å²) in [5, 5.41) is 0. The predicted molar refractivity (Wildman–Crippen MR) is 125 cm³/mol. The molecule has 0 rings (SSSR count). The fourth-order valence-electron chi connectivity index (χ4n) is 1.52. The molecule has 91 valence electrons. The molecule has 0 aromatic rings. The zero-order valence-electron chi connectivity index (χ0n) is 14.5. The van der Waals surface area contributed by atoms with Gasteiger partial charge in [0, 0.05) is 90.5 Å². The summed E-state index contributed by atoms with van der Waals surface area (Å²) in [6.45, 7) is 0.163. The van der Waals surface area contributed by atoms with Crippen LogP contribution in [0, 0.1) is 0 Å². The Labute approximate surface area is 194 Å². The summed E-state index contributed by atoms with van der Waals surface area (Å²) in [6.07, 6.45) is -0.267. The topological polar surface area (TPSA) is 34.1 Å². The average Bonchev–Trinajstić information content (AvgIpc) is 2.59. The van der Waals surface area contributed by atoms with Crippen LogP contribution in [0.25, 0.3) is 0 Å². The molecule has 0 aliphatic heterocycles. The Balaban J connectivity index is -0.000000377. The Morgan fingerprint density at radius 1 is 0.920 bits per heavy atom. The summed E-state index contributed by atoms with van der Waals surface area (Å²) in [4.78, 5) is 21.2. The number of rotatable bonds is 11. The van der Waals surface area contributed by atoms with Gasteiger partial charge in [-0.2, -0.15) is 0 Å². The van der Waals surface area contributed by atoms with Crippen LogP contribution in [-0.2, 0) is 42.3 Å². The van der Waals surface area contributed by atoms with Crippen LogP contribution < -0.4 is 0 Å². The minimum Gasteiger partial charge on any atom is -0.549 e. The van der Waals surface area contributed by atoms with Crippen LogP contribution in [0.3, 0.4) is 0 Å². The summed E-state index contributed by atoms with van der Waals surface area (Å²) in [6, 6.07) is 0. The maximum absolute atomic E-state index is 11.1. The molecule has 0 spiro atoms. The Hall–Kier alpha value is 1.61. The molecular formula is C4H5B18O2Y-. The molecular weight excluding hydrogens is 364 g/mol. The molecule has 21 heteroatoms. The molecule has 2 nitrogen and oxygen atoms in total. The molecule has 0 saturated heterocycles. The van der Waals surface area contributed by atoms with Gasteiger partial charge < -0.3 is 15.8 Å². The molecule has 0 saturated carbocycles. The van der Waals surface area contributed by atoms with Crippen molar-refractivity contribution in [1.29, 1.82) is 0 Å². The first-order valence-electron chi connectivity index (χ1n) is 7.38. The van der Waals surface area contributed by atoms with E-state index >= 15 is 0 Å². The minimum absolute atomic E-state index is 0. The van der Waals surface area contributed by atoms with Crippen molar-refractivity contribution in [2.45, 2.75) is 13.3 Å². The zero-order chi connectivity index (χ0) is 19.3. The van der Waals surface area contributed by atoms with Gasteiger partial charge in [0.25, 0.3) is 0 Å². The molecule has 0 bridgehead atoms. The van der Waals surface area contributed by atoms with E-state index in [1.165, 1.54) is 28.2 Å². The molecule has 0 fully saturated rings. The smallest absolute Gasteiger partial charge is 0.126 e. The molecule has 0 atom stereocenters. The predicted octanol–water partition coefficient (Wildman–Crippen LogP) is -6.78. The van der Waals surface area contributed by atoms with Gasteiger partial charge in [-0.05, 0) is 64.3 Å². The third-order valence-electron chi connectivity index (χ3n) is 3.24. The van der Waals surface area contributed by atoms with Crippen molar-refractivity contribution in [2.24, 2.45) is 0 Å². The summed E-state index contributed by atoms with van der Waals surface area (Å²) >= 11 is 0. The van der Waals surface area contributed by atoms with E-state index in [1.54, 1.807) is 13.1 Å². The Morgan fingerprint density at radius 3 is 1.64 bits per heavy atom. The normalized spacial score (nSPS) is 8.04. The van der Waals surface area contributed by atoms with Gasteiger partial charge in [0.15, 0.2) is 0 Å². The van der Waals surface area contributed by atoms with E-state index in [4.69, 9.17) is 61.9 Å². The summed E-state index contributed by atoms with van der Waals surface area (Å²) < 4.78 is 0. The fourth-order valence-corrected chi connectivity index (χ4v) is 1.52. The molecule has 0 N–H and O–H groups in total. The number of carbonyl (C=O) groups is 1. The number of hydrogen-bond acceptors (Lipinski definition) is 2. The maximum atomic E-state index is 11.1. The summed E-state index contributed by atoms with van der Waals surface area (Å²) in [5.74, 6) is 0. The van der Waals surface area contributed by atoms with Crippen LogP contribution in [0.1, 0.15) is 13.3 Å². The van der Waals surface area contributed by atoms with Crippen molar-refractivity contribution in [3.8, 4) is 0 Å². The second kappa shape index (κ2) is 19.0. The third kappa shape index (κ3) is 14.3. The standard InChI is InChI=1S/C3H5B9O.CB9O.Y/c1-2-3(13)10(5)12(7)11(6)9-8-4;2-6-7-9(4)10(5)8(3)1-11;/h2H2,1H3;;/q;-1;. The van der Waals surface area contributed by atoms with Gasteiger partial charge in [-0.3, -0.25) is 0 Å². The van der Waals surface area contributed by atoms with Gasteiger partial charge in [-0.25, -0.2) is 0 Å². The average molecular weight is 369 g/mol. The van der Waals surface area contributed by atoms with E-state index in [9.17, 15) is 9.59 Å². The summed E-state index contributed by atoms with van der Waals surface area (Å²) in [5.41, 5.74) is -0.0895. The van der Waals surface area contributed by atoms with E-state index in [1.807, 2.05) is 0 Å². The van der Waals surface area contributed by atoms with E-state index in [-0.39, 0.29) is 38.4 Å². The minimum atomic E-state index is -0.860. The van der Waals surface area contributed by atoms with Crippen molar-refractivity contribution in [2.75, 3.05) is 0 Å². The quantitative estimate of drug-likeness (QED) is 0.268. The van der Waals surface area contributed by atoms with Crippen LogP contribution in [0.5, 0.6) is 0 Å². The van der Waals surface area contributed by atoms with Gasteiger partial charge in [-0.1, -0.05) is 13.4 Å². The van der Waals surface area contributed by atoms with Gasteiger partial charge in [0.1, 0.15) is 6.49 Å². The van der Waals surface area contributed by atoms with Crippen LogP contribution in [0.2, 0.25) is 0 Å². The first-order valence-corrected chi connectivity index (χ1v) is 7.38. The molecule has 0 aliphatic rings. The van der Waals surface area contributed by atoms with Crippen molar-refractivity contribution in [3.05, 3.63) is 0 Å². The Kier molecular flexibility index (Phi) is 23.7. The van der Waals surface area contributed by atoms with Crippen molar-refractivity contribution >= 4 is 141 Å². The summed E-state index contributed by atoms with van der Waals surface area (Å²) in [7, 11) is 48.7. The molecule has 0 aromatic heterocycles. The number of hydrogen-bond donors (Lipinski definition) is 0. The SMILES string of the molecule is [B][B][B]B([B])B([B])B([B])C(=O)CC.[B][B][B]B([B])B([B])B([B])[C-]=O.[Y]. The van der Waals surface area contributed by atoms with Crippen LogP contribution in [0.4, 0.5) is 0 Å². The largest absolute Gasteiger partial charge is 0.549 e. The van der Waals surface area contributed by atoms with Crippen LogP contribution >= 0.6 is 0 Å². The van der Waals surface area contributed by atoms with Crippen molar-refractivity contribution in [3.63, 3.8) is 0 Å². The van der Waals surface area contributed by atoms with Gasteiger partial charge in [-0.15, -0.1) is 0 Å². The first kappa shape index (κ1) is 31.3. The third-order valence-corrected chi connectivity index (χ3v) is 3.24. The molecule has 21 radical (unpaired) electrons. The first-order chi connectivity index (χ1) is 11.2. The molecule has 0 amide bonds. The molecule has 0 unspecified atom stereocenters. The second-order valence-electron chi connectivity index (χ2n) is 5.07. The van der Waals surface area contributed by atoms with E-state index in [0.29, 0.717) is 6.42 Å².